The van der Waals surface area contributed by atoms with Crippen molar-refractivity contribution in [2.75, 3.05) is 6.54 Å². The van der Waals surface area contributed by atoms with Crippen LogP contribution in [0.25, 0.3) is 0 Å². The molecule has 16 heavy (non-hydrogen) atoms. The van der Waals surface area contributed by atoms with Crippen LogP contribution in [0.2, 0.25) is 0 Å². The van der Waals surface area contributed by atoms with Gasteiger partial charge in [0.25, 0.3) is 0 Å². The van der Waals surface area contributed by atoms with E-state index in [-0.39, 0.29) is 0 Å². The van der Waals surface area contributed by atoms with Crippen molar-refractivity contribution in [3.05, 3.63) is 12.7 Å². The summed E-state index contributed by atoms with van der Waals surface area (Å²) in [7, 11) is 0. The van der Waals surface area contributed by atoms with Crippen molar-refractivity contribution in [3.63, 3.8) is 0 Å². The van der Waals surface area contributed by atoms with E-state index < -0.39 is 0 Å². The molecule has 1 heteroatoms. The van der Waals surface area contributed by atoms with Crippen LogP contribution in [0.1, 0.15) is 64.7 Å². The van der Waals surface area contributed by atoms with E-state index in [9.17, 15) is 0 Å². The Morgan fingerprint density at radius 2 is 2.12 bits per heavy atom. The van der Waals surface area contributed by atoms with Gasteiger partial charge in [0, 0.05) is 6.04 Å². The summed E-state index contributed by atoms with van der Waals surface area (Å²) >= 11 is 0. The summed E-state index contributed by atoms with van der Waals surface area (Å²) in [5, 5.41) is 3.74. The lowest BCUT2D eigenvalue weighted by molar-refractivity contribution is 0.216. The minimum Gasteiger partial charge on any atom is -0.314 e. The van der Waals surface area contributed by atoms with E-state index in [1.54, 1.807) is 0 Å². The molecular weight excluding hydrogens is 194 g/mol. The number of nitrogens with one attached hydrogen (secondary N) is 1. The first-order chi connectivity index (χ1) is 7.88. The standard InChI is InChI=1S/C15H29N/c1-3-5-6-7-8-12-15(16-13-4-2)14-10-9-11-14/h3,14-16H,1,4-13H2,2H3. The third-order valence-electron chi connectivity index (χ3n) is 3.80. The van der Waals surface area contributed by atoms with Gasteiger partial charge in [-0.25, -0.2) is 0 Å². The average molecular weight is 223 g/mol. The zero-order valence-electron chi connectivity index (χ0n) is 11.0. The van der Waals surface area contributed by atoms with E-state index in [2.05, 4.69) is 18.8 Å². The highest BCUT2D eigenvalue weighted by Gasteiger charge is 2.25. The molecule has 0 bridgehead atoms. The number of unbranched alkanes of at least 4 members (excludes halogenated alkanes) is 3. The molecule has 1 unspecified atom stereocenters. The molecule has 1 fully saturated rings. The van der Waals surface area contributed by atoms with Crippen LogP contribution >= 0.6 is 0 Å². The Morgan fingerprint density at radius 1 is 1.31 bits per heavy atom. The van der Waals surface area contributed by atoms with Gasteiger partial charge >= 0.3 is 0 Å². The minimum absolute atomic E-state index is 0.817. The van der Waals surface area contributed by atoms with Crippen molar-refractivity contribution in [2.24, 2.45) is 5.92 Å². The van der Waals surface area contributed by atoms with Gasteiger partial charge in [-0.1, -0.05) is 32.3 Å². The van der Waals surface area contributed by atoms with Crippen molar-refractivity contribution in [1.82, 2.24) is 5.32 Å². The van der Waals surface area contributed by atoms with Gasteiger partial charge in [0.2, 0.25) is 0 Å². The van der Waals surface area contributed by atoms with E-state index in [0.717, 1.165) is 12.0 Å². The van der Waals surface area contributed by atoms with Crippen molar-refractivity contribution in [2.45, 2.75) is 70.8 Å². The molecule has 1 aliphatic rings. The van der Waals surface area contributed by atoms with E-state index in [0.29, 0.717) is 0 Å². The fraction of sp³-hybridized carbons (Fsp3) is 0.867. The normalized spacial score (nSPS) is 18.1. The maximum atomic E-state index is 3.77. The molecule has 0 aromatic heterocycles. The molecule has 1 nitrogen and oxygen atoms in total. The van der Waals surface area contributed by atoms with Crippen molar-refractivity contribution in [1.29, 1.82) is 0 Å². The zero-order valence-corrected chi connectivity index (χ0v) is 11.0. The van der Waals surface area contributed by atoms with Crippen LogP contribution in [0.5, 0.6) is 0 Å². The first-order valence-electron chi connectivity index (χ1n) is 7.22. The zero-order chi connectivity index (χ0) is 11.6. The van der Waals surface area contributed by atoms with E-state index in [1.807, 2.05) is 6.08 Å². The van der Waals surface area contributed by atoms with E-state index in [1.165, 1.54) is 64.3 Å². The largest absolute Gasteiger partial charge is 0.314 e. The van der Waals surface area contributed by atoms with Crippen LogP contribution in [0.3, 0.4) is 0 Å². The molecule has 1 N–H and O–H groups in total. The van der Waals surface area contributed by atoms with Gasteiger partial charge in [-0.15, -0.1) is 6.58 Å². The van der Waals surface area contributed by atoms with Crippen molar-refractivity contribution < 1.29 is 0 Å². The SMILES string of the molecule is C=CCCCCCC(NCCC)C1CCC1. The predicted octanol–water partition coefficient (Wildman–Crippen LogP) is 4.29. The van der Waals surface area contributed by atoms with Crippen LogP contribution < -0.4 is 5.32 Å². The Balaban J connectivity index is 2.08. The lowest BCUT2D eigenvalue weighted by Crippen LogP contribution is -2.39. The molecule has 0 heterocycles. The molecule has 1 aliphatic carbocycles. The smallest absolute Gasteiger partial charge is 0.00953 e. The van der Waals surface area contributed by atoms with Crippen LogP contribution in [-0.2, 0) is 0 Å². The van der Waals surface area contributed by atoms with Gasteiger partial charge in [0.1, 0.15) is 0 Å². The van der Waals surface area contributed by atoms with Gasteiger partial charge in [0.15, 0.2) is 0 Å². The molecule has 1 atom stereocenters. The third kappa shape index (κ3) is 5.16. The molecule has 1 rings (SSSR count). The minimum atomic E-state index is 0.817. The number of rotatable bonds is 10. The highest BCUT2D eigenvalue weighted by molar-refractivity contribution is 4.82. The van der Waals surface area contributed by atoms with Crippen LogP contribution in [0.15, 0.2) is 12.7 Å². The average Bonchev–Trinajstić information content (AvgIpc) is 2.22. The van der Waals surface area contributed by atoms with Gasteiger partial charge < -0.3 is 5.32 Å². The Bertz CT molecular complexity index is 172. The summed E-state index contributed by atoms with van der Waals surface area (Å²) in [5.41, 5.74) is 0. The summed E-state index contributed by atoms with van der Waals surface area (Å²) in [6, 6.07) is 0.817. The maximum absolute atomic E-state index is 3.77. The topological polar surface area (TPSA) is 12.0 Å². The quantitative estimate of drug-likeness (QED) is 0.430. The van der Waals surface area contributed by atoms with Crippen LogP contribution in [0, 0.1) is 5.92 Å². The molecule has 0 aromatic rings. The Hall–Kier alpha value is -0.300. The lowest BCUT2D eigenvalue weighted by Gasteiger charge is -2.34. The molecule has 0 radical (unpaired) electrons. The van der Waals surface area contributed by atoms with Crippen molar-refractivity contribution >= 4 is 0 Å². The second-order valence-electron chi connectivity index (χ2n) is 5.18. The van der Waals surface area contributed by atoms with Gasteiger partial charge in [-0.05, 0) is 51.0 Å². The molecule has 94 valence electrons. The van der Waals surface area contributed by atoms with Crippen LogP contribution in [-0.4, -0.2) is 12.6 Å². The van der Waals surface area contributed by atoms with Gasteiger partial charge in [0.05, 0.1) is 0 Å². The molecule has 0 aromatic carbocycles. The fourth-order valence-corrected chi connectivity index (χ4v) is 2.51. The highest BCUT2D eigenvalue weighted by Crippen LogP contribution is 2.31. The van der Waals surface area contributed by atoms with Crippen molar-refractivity contribution in [3.8, 4) is 0 Å². The molecule has 1 saturated carbocycles. The Labute approximate surface area is 102 Å². The first kappa shape index (κ1) is 13.8. The third-order valence-corrected chi connectivity index (χ3v) is 3.80. The predicted molar refractivity (Wildman–Crippen MR) is 72.7 cm³/mol. The second kappa shape index (κ2) is 8.81. The summed E-state index contributed by atoms with van der Waals surface area (Å²) in [4.78, 5) is 0. The highest BCUT2D eigenvalue weighted by atomic mass is 14.9. The maximum Gasteiger partial charge on any atom is 0.00953 e. The molecule has 0 aliphatic heterocycles. The number of allylic oxidation sites excluding steroid dienone is 1. The molecule has 0 amide bonds. The Morgan fingerprint density at radius 3 is 2.69 bits per heavy atom. The molecular formula is C15H29N. The van der Waals surface area contributed by atoms with E-state index in [4.69, 9.17) is 0 Å². The summed E-state index contributed by atoms with van der Waals surface area (Å²) in [6.45, 7) is 7.23. The molecule has 0 saturated heterocycles. The number of hydrogen-bond acceptors (Lipinski definition) is 1. The summed E-state index contributed by atoms with van der Waals surface area (Å²) < 4.78 is 0. The van der Waals surface area contributed by atoms with Crippen LogP contribution in [0.4, 0.5) is 0 Å². The monoisotopic (exact) mass is 223 g/mol. The van der Waals surface area contributed by atoms with E-state index >= 15 is 0 Å². The van der Waals surface area contributed by atoms with Gasteiger partial charge in [-0.3, -0.25) is 0 Å². The summed E-state index contributed by atoms with van der Waals surface area (Å²) in [6.07, 6.45) is 14.4. The Kier molecular flexibility index (Phi) is 7.58. The fourth-order valence-electron chi connectivity index (χ4n) is 2.51. The second-order valence-corrected chi connectivity index (χ2v) is 5.18. The van der Waals surface area contributed by atoms with Gasteiger partial charge in [-0.2, -0.15) is 0 Å². The molecule has 0 spiro atoms. The number of hydrogen-bond donors (Lipinski definition) is 1. The first-order valence-corrected chi connectivity index (χ1v) is 7.22. The lowest BCUT2D eigenvalue weighted by atomic mass is 9.78. The summed E-state index contributed by atoms with van der Waals surface area (Å²) in [5.74, 6) is 0.992.